The summed E-state index contributed by atoms with van der Waals surface area (Å²) in [5, 5.41) is 0.964. The van der Waals surface area contributed by atoms with Crippen LogP contribution in [0.25, 0.3) is 10.9 Å². The highest BCUT2D eigenvalue weighted by molar-refractivity contribution is 5.90. The van der Waals surface area contributed by atoms with Crippen molar-refractivity contribution in [3.8, 4) is 5.75 Å². The predicted octanol–water partition coefficient (Wildman–Crippen LogP) is 3.08. The van der Waals surface area contributed by atoms with E-state index in [9.17, 15) is 9.59 Å². The van der Waals surface area contributed by atoms with E-state index in [1.54, 1.807) is 25.3 Å². The number of esters is 1. The van der Waals surface area contributed by atoms with Crippen LogP contribution in [0.2, 0.25) is 0 Å². The van der Waals surface area contributed by atoms with E-state index in [4.69, 9.17) is 9.47 Å². The number of pyridine rings is 1. The Morgan fingerprint density at radius 1 is 1.33 bits per heavy atom. The largest absolute Gasteiger partial charge is 0.494 e. The van der Waals surface area contributed by atoms with E-state index in [1.807, 2.05) is 24.3 Å². The summed E-state index contributed by atoms with van der Waals surface area (Å²) in [6.45, 7) is 0.450. The highest BCUT2D eigenvalue weighted by Crippen LogP contribution is 2.46. The molecule has 6 heteroatoms. The number of fused-ring (bicyclic) bond motifs is 1. The van der Waals surface area contributed by atoms with Gasteiger partial charge in [0.05, 0.1) is 19.4 Å². The molecule has 1 amide bonds. The average molecular weight is 368 g/mol. The molecule has 0 bridgehead atoms. The van der Waals surface area contributed by atoms with Gasteiger partial charge in [0.15, 0.2) is 0 Å². The number of benzene rings is 1. The number of carbonyl (C=O) groups excluding carboxylic acids is 2. The molecule has 2 heterocycles. The summed E-state index contributed by atoms with van der Waals surface area (Å²) in [5.74, 6) is 0.0709. The summed E-state index contributed by atoms with van der Waals surface area (Å²) < 4.78 is 11.0. The fourth-order valence-electron chi connectivity index (χ4n) is 4.54. The molecule has 1 saturated heterocycles. The van der Waals surface area contributed by atoms with Gasteiger partial charge in [-0.25, -0.2) is 0 Å². The normalized spacial score (nSPS) is 20.8. The van der Waals surface area contributed by atoms with E-state index >= 15 is 0 Å². The van der Waals surface area contributed by atoms with Gasteiger partial charge in [-0.05, 0) is 43.4 Å². The van der Waals surface area contributed by atoms with Crippen molar-refractivity contribution in [1.29, 1.82) is 0 Å². The summed E-state index contributed by atoms with van der Waals surface area (Å²) in [5.41, 5.74) is 1.21. The van der Waals surface area contributed by atoms with Crippen molar-refractivity contribution in [1.82, 2.24) is 9.88 Å². The number of hydrogen-bond donors (Lipinski definition) is 0. The molecule has 2 fully saturated rings. The second-order valence-electron chi connectivity index (χ2n) is 7.52. The summed E-state index contributed by atoms with van der Waals surface area (Å²) >= 11 is 0. The number of carbonyl (C=O) groups is 2. The number of ether oxygens (including phenoxy) is 2. The monoisotopic (exact) mass is 368 g/mol. The van der Waals surface area contributed by atoms with Crippen LogP contribution in [0.4, 0.5) is 0 Å². The molecule has 6 nitrogen and oxygen atoms in total. The van der Waals surface area contributed by atoms with Crippen LogP contribution in [0, 0.1) is 5.92 Å². The van der Waals surface area contributed by atoms with Gasteiger partial charge in [-0.2, -0.15) is 0 Å². The zero-order valence-electron chi connectivity index (χ0n) is 15.7. The molecule has 1 aliphatic carbocycles. The fraction of sp³-hybridized carbons (Fsp3) is 0.476. The molecule has 1 aliphatic heterocycles. The van der Waals surface area contributed by atoms with Crippen LogP contribution < -0.4 is 4.74 Å². The van der Waals surface area contributed by atoms with Crippen molar-refractivity contribution in [2.24, 2.45) is 5.92 Å². The van der Waals surface area contributed by atoms with Crippen LogP contribution in [0.5, 0.6) is 5.75 Å². The van der Waals surface area contributed by atoms with Crippen LogP contribution in [-0.4, -0.2) is 41.5 Å². The Balaban J connectivity index is 1.59. The summed E-state index contributed by atoms with van der Waals surface area (Å²) in [6, 6.07) is 7.71. The first-order valence-corrected chi connectivity index (χ1v) is 9.41. The number of hydrogen-bond acceptors (Lipinski definition) is 5. The number of methoxy groups -OCH3 is 1. The smallest absolute Gasteiger partial charge is 0.307 e. The number of aromatic nitrogens is 1. The molecular formula is C21H24N2O4. The average Bonchev–Trinajstić information content (AvgIpc) is 3.27. The second kappa shape index (κ2) is 6.83. The van der Waals surface area contributed by atoms with Crippen LogP contribution in [0.1, 0.15) is 37.7 Å². The van der Waals surface area contributed by atoms with E-state index in [0.717, 1.165) is 42.1 Å². The summed E-state index contributed by atoms with van der Waals surface area (Å²) in [7, 11) is 3.41. The van der Waals surface area contributed by atoms with Crippen molar-refractivity contribution < 1.29 is 19.1 Å². The molecular weight excluding hydrogens is 344 g/mol. The standard InChI is InChI=1S/C21H24N2O4/c1-23(20(25)16-12-18(24)27-21(16)9-3-4-10-21)13-14-7-8-17(26-2)19-15(14)6-5-11-22-19/h5-8,11,16H,3-4,9-10,12-13H2,1-2H3/t16-/m1/s1. The van der Waals surface area contributed by atoms with E-state index < -0.39 is 5.60 Å². The van der Waals surface area contributed by atoms with E-state index in [1.165, 1.54) is 0 Å². The van der Waals surface area contributed by atoms with Crippen molar-refractivity contribution in [3.63, 3.8) is 0 Å². The van der Waals surface area contributed by atoms with E-state index in [-0.39, 0.29) is 24.2 Å². The maximum atomic E-state index is 13.2. The first-order valence-electron chi connectivity index (χ1n) is 9.41. The van der Waals surface area contributed by atoms with Crippen molar-refractivity contribution in [2.45, 2.75) is 44.2 Å². The number of rotatable bonds is 4. The van der Waals surface area contributed by atoms with Gasteiger partial charge in [0.1, 0.15) is 16.9 Å². The zero-order valence-corrected chi connectivity index (χ0v) is 15.7. The minimum absolute atomic E-state index is 0.0180. The van der Waals surface area contributed by atoms with Crippen molar-refractivity contribution in [3.05, 3.63) is 36.0 Å². The van der Waals surface area contributed by atoms with Crippen LogP contribution in [0.15, 0.2) is 30.5 Å². The molecule has 1 aromatic carbocycles. The summed E-state index contributed by atoms with van der Waals surface area (Å²) in [4.78, 5) is 31.2. The van der Waals surface area contributed by atoms with Gasteiger partial charge in [-0.1, -0.05) is 12.1 Å². The highest BCUT2D eigenvalue weighted by atomic mass is 16.6. The van der Waals surface area contributed by atoms with Gasteiger partial charge >= 0.3 is 5.97 Å². The minimum Gasteiger partial charge on any atom is -0.494 e. The Labute approximate surface area is 158 Å². The summed E-state index contributed by atoms with van der Waals surface area (Å²) in [6.07, 6.45) is 5.52. The maximum Gasteiger partial charge on any atom is 0.307 e. The SMILES string of the molecule is COc1ccc(CN(C)C(=O)[C@H]2CC(=O)OC23CCCC3)c2cccnc12. The van der Waals surface area contributed by atoms with Crippen LogP contribution >= 0.6 is 0 Å². The van der Waals surface area contributed by atoms with Gasteiger partial charge in [0.2, 0.25) is 5.91 Å². The molecule has 142 valence electrons. The lowest BCUT2D eigenvalue weighted by Gasteiger charge is -2.31. The predicted molar refractivity (Wildman–Crippen MR) is 100 cm³/mol. The third kappa shape index (κ3) is 3.03. The van der Waals surface area contributed by atoms with Gasteiger partial charge in [0.25, 0.3) is 0 Å². The lowest BCUT2D eigenvalue weighted by molar-refractivity contribution is -0.151. The van der Waals surface area contributed by atoms with E-state index in [0.29, 0.717) is 12.3 Å². The molecule has 1 aromatic heterocycles. The highest BCUT2D eigenvalue weighted by Gasteiger charge is 2.54. The Bertz CT molecular complexity index is 889. The zero-order chi connectivity index (χ0) is 19.0. The topological polar surface area (TPSA) is 68.7 Å². The molecule has 0 unspecified atom stereocenters. The Morgan fingerprint density at radius 3 is 2.85 bits per heavy atom. The third-order valence-corrected chi connectivity index (χ3v) is 5.90. The molecule has 2 aromatic rings. The molecule has 1 saturated carbocycles. The Kier molecular flexibility index (Phi) is 4.50. The molecule has 27 heavy (non-hydrogen) atoms. The minimum atomic E-state index is -0.577. The van der Waals surface area contributed by atoms with Crippen LogP contribution in [-0.2, 0) is 20.9 Å². The third-order valence-electron chi connectivity index (χ3n) is 5.90. The number of nitrogens with zero attached hydrogens (tertiary/aromatic N) is 2. The molecule has 4 rings (SSSR count). The van der Waals surface area contributed by atoms with Gasteiger partial charge in [-0.15, -0.1) is 0 Å². The first kappa shape index (κ1) is 17.8. The molecule has 2 aliphatic rings. The second-order valence-corrected chi connectivity index (χ2v) is 7.52. The lowest BCUT2D eigenvalue weighted by Crippen LogP contribution is -2.43. The molecule has 0 radical (unpaired) electrons. The van der Waals surface area contributed by atoms with Crippen molar-refractivity contribution in [2.75, 3.05) is 14.2 Å². The lowest BCUT2D eigenvalue weighted by atomic mass is 9.84. The van der Waals surface area contributed by atoms with Gasteiger partial charge in [0, 0.05) is 25.2 Å². The Morgan fingerprint density at radius 2 is 2.11 bits per heavy atom. The fourth-order valence-corrected chi connectivity index (χ4v) is 4.54. The van der Waals surface area contributed by atoms with Gasteiger partial charge in [-0.3, -0.25) is 14.6 Å². The van der Waals surface area contributed by atoms with Crippen molar-refractivity contribution >= 4 is 22.8 Å². The molecule has 1 atom stereocenters. The van der Waals surface area contributed by atoms with Crippen LogP contribution in [0.3, 0.4) is 0 Å². The molecule has 1 spiro atoms. The molecule has 0 N–H and O–H groups in total. The number of amides is 1. The Hall–Kier alpha value is -2.63. The van der Waals surface area contributed by atoms with Gasteiger partial charge < -0.3 is 14.4 Å². The maximum absolute atomic E-state index is 13.2. The van der Waals surface area contributed by atoms with E-state index in [2.05, 4.69) is 4.98 Å². The quantitative estimate of drug-likeness (QED) is 0.776. The first-order chi connectivity index (χ1) is 13.0.